The molecule has 1 aromatic rings. The number of hydrogen-bond acceptors (Lipinski definition) is 5. The fourth-order valence-electron chi connectivity index (χ4n) is 3.57. The van der Waals surface area contributed by atoms with Crippen molar-refractivity contribution in [3.8, 4) is 5.75 Å². The standard InChI is InChI=1S/C20H33N3O3.C3H8/c1-5-23(13-10-21-20(24)26-4)16(2)17-8-9-19(25-3)18(14-17)15-22-11-6-7-12-22;1-3-2/h8-9,14,16H,5-7,10-13,15H2,1-4H3,(H,21,24);3H2,1-2H3. The molecular formula is C23H41N3O3. The summed E-state index contributed by atoms with van der Waals surface area (Å²) in [4.78, 5) is 16.1. The Balaban J connectivity index is 0.00000132. The first kappa shape index (κ1) is 25.2. The van der Waals surface area contributed by atoms with Gasteiger partial charge in [0.05, 0.1) is 14.2 Å². The normalized spacial score (nSPS) is 14.9. The van der Waals surface area contributed by atoms with Crippen molar-refractivity contribution in [1.82, 2.24) is 15.1 Å². The molecule has 1 atom stereocenters. The lowest BCUT2D eigenvalue weighted by Crippen LogP contribution is -2.36. The average Bonchev–Trinajstić information content (AvgIpc) is 3.24. The van der Waals surface area contributed by atoms with Gasteiger partial charge >= 0.3 is 6.09 Å². The van der Waals surface area contributed by atoms with E-state index < -0.39 is 0 Å². The largest absolute Gasteiger partial charge is 0.496 e. The van der Waals surface area contributed by atoms with Crippen LogP contribution in [0.2, 0.25) is 0 Å². The molecule has 0 saturated carbocycles. The van der Waals surface area contributed by atoms with Gasteiger partial charge < -0.3 is 14.8 Å². The molecule has 0 aromatic heterocycles. The molecule has 1 N–H and O–H groups in total. The number of likely N-dealkylation sites (N-methyl/N-ethyl adjacent to an activating group) is 1. The highest BCUT2D eigenvalue weighted by molar-refractivity contribution is 5.66. The second-order valence-corrected chi connectivity index (χ2v) is 7.48. The Bertz CT molecular complexity index is 589. The quantitative estimate of drug-likeness (QED) is 0.656. The third kappa shape index (κ3) is 8.62. The van der Waals surface area contributed by atoms with Gasteiger partial charge in [0.2, 0.25) is 0 Å². The molecule has 166 valence electrons. The van der Waals surface area contributed by atoms with Gasteiger partial charge in [0, 0.05) is 31.2 Å². The van der Waals surface area contributed by atoms with Crippen LogP contribution >= 0.6 is 0 Å². The summed E-state index contributed by atoms with van der Waals surface area (Å²) in [5.41, 5.74) is 2.53. The second-order valence-electron chi connectivity index (χ2n) is 7.48. The highest BCUT2D eigenvalue weighted by atomic mass is 16.5. The summed E-state index contributed by atoms with van der Waals surface area (Å²) in [6.45, 7) is 14.2. The van der Waals surface area contributed by atoms with Crippen LogP contribution in [0.1, 0.15) is 64.1 Å². The predicted molar refractivity (Wildman–Crippen MR) is 120 cm³/mol. The Kier molecular flexibility index (Phi) is 12.4. The van der Waals surface area contributed by atoms with Crippen LogP contribution in [0.5, 0.6) is 5.75 Å². The molecular weight excluding hydrogens is 366 g/mol. The minimum absolute atomic E-state index is 0.266. The van der Waals surface area contributed by atoms with Gasteiger partial charge in [0.25, 0.3) is 0 Å². The molecule has 1 fully saturated rings. The molecule has 1 saturated heterocycles. The maximum Gasteiger partial charge on any atom is 0.406 e. The monoisotopic (exact) mass is 407 g/mol. The van der Waals surface area contributed by atoms with Crippen LogP contribution in [-0.2, 0) is 11.3 Å². The summed E-state index contributed by atoms with van der Waals surface area (Å²) in [6, 6.07) is 6.77. The van der Waals surface area contributed by atoms with Crippen LogP contribution < -0.4 is 10.1 Å². The molecule has 6 heteroatoms. The van der Waals surface area contributed by atoms with Crippen molar-refractivity contribution in [2.45, 2.75) is 59.5 Å². The minimum Gasteiger partial charge on any atom is -0.496 e. The minimum atomic E-state index is -0.383. The first-order valence-corrected chi connectivity index (χ1v) is 11.0. The van der Waals surface area contributed by atoms with E-state index in [4.69, 9.17) is 4.74 Å². The molecule has 1 amide bonds. The van der Waals surface area contributed by atoms with Crippen LogP contribution in [0, 0.1) is 0 Å². The predicted octanol–water partition coefficient (Wildman–Crippen LogP) is 4.45. The van der Waals surface area contributed by atoms with Crippen LogP contribution in [-0.4, -0.2) is 62.8 Å². The molecule has 1 aliphatic rings. The number of nitrogens with zero attached hydrogens (tertiary/aromatic N) is 2. The van der Waals surface area contributed by atoms with Crippen molar-refractivity contribution in [3.63, 3.8) is 0 Å². The number of alkyl carbamates (subject to hydrolysis) is 1. The number of ether oxygens (including phenoxy) is 2. The van der Waals surface area contributed by atoms with E-state index in [0.29, 0.717) is 6.54 Å². The van der Waals surface area contributed by atoms with E-state index in [1.807, 2.05) is 0 Å². The fourth-order valence-corrected chi connectivity index (χ4v) is 3.57. The van der Waals surface area contributed by atoms with Gasteiger partial charge in [-0.2, -0.15) is 0 Å². The van der Waals surface area contributed by atoms with Gasteiger partial charge in [-0.3, -0.25) is 9.80 Å². The lowest BCUT2D eigenvalue weighted by molar-refractivity contribution is 0.165. The van der Waals surface area contributed by atoms with Crippen LogP contribution in [0.25, 0.3) is 0 Å². The van der Waals surface area contributed by atoms with Crippen molar-refractivity contribution in [2.75, 3.05) is 46.9 Å². The number of amides is 1. The molecule has 1 heterocycles. The maximum atomic E-state index is 11.2. The lowest BCUT2D eigenvalue weighted by atomic mass is 10.0. The van der Waals surface area contributed by atoms with Crippen molar-refractivity contribution in [3.05, 3.63) is 29.3 Å². The van der Waals surface area contributed by atoms with Gasteiger partial charge in [0.1, 0.15) is 5.75 Å². The zero-order valence-electron chi connectivity index (χ0n) is 19.3. The summed E-state index contributed by atoms with van der Waals surface area (Å²) < 4.78 is 10.2. The smallest absolute Gasteiger partial charge is 0.406 e. The average molecular weight is 408 g/mol. The van der Waals surface area contributed by atoms with Gasteiger partial charge in [-0.1, -0.05) is 33.3 Å². The molecule has 0 radical (unpaired) electrons. The van der Waals surface area contributed by atoms with Gasteiger partial charge in [-0.25, -0.2) is 4.79 Å². The molecule has 0 spiro atoms. The number of carbonyl (C=O) groups is 1. The van der Waals surface area contributed by atoms with E-state index in [2.05, 4.69) is 65.7 Å². The van der Waals surface area contributed by atoms with E-state index in [-0.39, 0.29) is 12.1 Å². The highest BCUT2D eigenvalue weighted by Crippen LogP contribution is 2.28. The van der Waals surface area contributed by atoms with E-state index in [1.54, 1.807) is 7.11 Å². The SMILES string of the molecule is CCC.CCN(CCNC(=O)OC)C(C)c1ccc(OC)c(CN2CCCC2)c1. The Morgan fingerprint density at radius 1 is 1.21 bits per heavy atom. The number of likely N-dealkylation sites (tertiary alicyclic amines) is 1. The van der Waals surface area contributed by atoms with Crippen molar-refractivity contribution in [2.24, 2.45) is 0 Å². The molecule has 6 nitrogen and oxygen atoms in total. The number of methoxy groups -OCH3 is 2. The van der Waals surface area contributed by atoms with E-state index in [9.17, 15) is 4.79 Å². The van der Waals surface area contributed by atoms with Crippen molar-refractivity contribution in [1.29, 1.82) is 0 Å². The zero-order chi connectivity index (χ0) is 21.6. The molecule has 0 aliphatic carbocycles. The molecule has 1 aromatic carbocycles. The van der Waals surface area contributed by atoms with Gasteiger partial charge in [-0.15, -0.1) is 0 Å². The first-order valence-electron chi connectivity index (χ1n) is 11.0. The second kappa shape index (κ2) is 14.2. The third-order valence-electron chi connectivity index (χ3n) is 5.19. The van der Waals surface area contributed by atoms with Crippen LogP contribution in [0.15, 0.2) is 18.2 Å². The lowest BCUT2D eigenvalue weighted by Gasteiger charge is -2.29. The Morgan fingerprint density at radius 3 is 2.41 bits per heavy atom. The summed E-state index contributed by atoms with van der Waals surface area (Å²) in [5.74, 6) is 0.961. The van der Waals surface area contributed by atoms with E-state index in [1.165, 1.54) is 50.6 Å². The van der Waals surface area contributed by atoms with Crippen LogP contribution in [0.4, 0.5) is 4.79 Å². The topological polar surface area (TPSA) is 54.0 Å². The number of benzene rings is 1. The molecule has 29 heavy (non-hydrogen) atoms. The van der Waals surface area contributed by atoms with Crippen LogP contribution in [0.3, 0.4) is 0 Å². The van der Waals surface area contributed by atoms with Crippen molar-refractivity contribution < 1.29 is 14.3 Å². The summed E-state index contributed by atoms with van der Waals surface area (Å²) >= 11 is 0. The number of nitrogens with one attached hydrogen (secondary N) is 1. The maximum absolute atomic E-state index is 11.2. The molecule has 2 rings (SSSR count). The van der Waals surface area contributed by atoms with E-state index >= 15 is 0 Å². The Hall–Kier alpha value is -1.79. The summed E-state index contributed by atoms with van der Waals surface area (Å²) in [5, 5.41) is 2.75. The van der Waals surface area contributed by atoms with Gasteiger partial charge in [-0.05, 0) is 57.1 Å². The Morgan fingerprint density at radius 2 is 1.86 bits per heavy atom. The van der Waals surface area contributed by atoms with Gasteiger partial charge in [0.15, 0.2) is 0 Å². The molecule has 0 bridgehead atoms. The highest BCUT2D eigenvalue weighted by Gasteiger charge is 2.18. The number of rotatable bonds is 9. The zero-order valence-corrected chi connectivity index (χ0v) is 19.3. The summed E-state index contributed by atoms with van der Waals surface area (Å²) in [7, 11) is 3.12. The number of carbonyl (C=O) groups excluding carboxylic acids is 1. The molecule has 1 aliphatic heterocycles. The first-order chi connectivity index (χ1) is 14.0. The van der Waals surface area contributed by atoms with E-state index in [0.717, 1.165) is 25.4 Å². The Labute approximate surface area is 177 Å². The number of hydrogen-bond donors (Lipinski definition) is 1. The molecule has 1 unspecified atom stereocenters. The fraction of sp³-hybridized carbons (Fsp3) is 0.696. The third-order valence-corrected chi connectivity index (χ3v) is 5.19. The summed E-state index contributed by atoms with van der Waals surface area (Å²) in [6.07, 6.45) is 3.44. The van der Waals surface area contributed by atoms with Crippen molar-refractivity contribution >= 4 is 6.09 Å².